The van der Waals surface area contributed by atoms with Crippen molar-refractivity contribution >= 4 is 21.7 Å². The fourth-order valence-electron chi connectivity index (χ4n) is 1.56. The maximum absolute atomic E-state index is 11.8. The Morgan fingerprint density at radius 2 is 2.32 bits per heavy atom. The van der Waals surface area contributed by atoms with Crippen molar-refractivity contribution in [2.24, 2.45) is 5.16 Å². The molecule has 7 nitrogen and oxygen atoms in total. The summed E-state index contributed by atoms with van der Waals surface area (Å²) in [6.45, 7) is 1.91. The normalized spacial score (nSPS) is 16.2. The van der Waals surface area contributed by atoms with Crippen LogP contribution < -0.4 is 4.72 Å². The molecule has 0 amide bonds. The molecule has 0 saturated heterocycles. The van der Waals surface area contributed by atoms with E-state index in [1.807, 2.05) is 6.92 Å². The van der Waals surface area contributed by atoms with Gasteiger partial charge in [-0.25, -0.2) is 18.4 Å². The minimum atomic E-state index is -3.35. The van der Waals surface area contributed by atoms with Gasteiger partial charge in [0.05, 0.1) is 10.9 Å². The molecule has 19 heavy (non-hydrogen) atoms. The summed E-state index contributed by atoms with van der Waals surface area (Å²) in [6, 6.07) is 1.66. The van der Waals surface area contributed by atoms with Crippen molar-refractivity contribution in [1.82, 2.24) is 9.97 Å². The quantitative estimate of drug-likeness (QED) is 0.624. The average Bonchev–Trinajstić information content (AvgIpc) is 3.20. The number of anilines is 1. The fourth-order valence-corrected chi connectivity index (χ4v) is 2.84. The summed E-state index contributed by atoms with van der Waals surface area (Å²) in [5.74, 6) is 0.0710. The predicted octanol–water partition coefficient (Wildman–Crippen LogP) is 1.14. The maximum Gasteiger partial charge on any atom is 0.237 e. The third-order valence-electron chi connectivity index (χ3n) is 2.68. The second-order valence-electron chi connectivity index (χ2n) is 4.19. The highest BCUT2D eigenvalue weighted by atomic mass is 32.2. The lowest BCUT2D eigenvalue weighted by atomic mass is 10.2. The first-order valence-electron chi connectivity index (χ1n) is 6.02. The number of nitrogens with zero attached hydrogens (tertiary/aromatic N) is 3. The average molecular weight is 284 g/mol. The standard InChI is InChI=1S/C11H16N4O3S/c1-3-9(14-18-2)10-6-7-12-11(13-10)15-19(16,17)8-4-5-8/h6-8H,3-5H2,1-2H3,(H,12,13,15). The molecule has 0 aromatic carbocycles. The molecule has 1 fully saturated rings. The van der Waals surface area contributed by atoms with E-state index in [0.717, 1.165) is 0 Å². The first-order valence-corrected chi connectivity index (χ1v) is 7.56. The number of oxime groups is 1. The van der Waals surface area contributed by atoms with Gasteiger partial charge in [-0.15, -0.1) is 0 Å². The molecule has 1 N–H and O–H groups in total. The first kappa shape index (κ1) is 13.7. The zero-order chi connectivity index (χ0) is 13.9. The third-order valence-corrected chi connectivity index (χ3v) is 4.50. The van der Waals surface area contributed by atoms with E-state index in [9.17, 15) is 8.42 Å². The number of rotatable bonds is 6. The van der Waals surface area contributed by atoms with Gasteiger partial charge >= 0.3 is 0 Å². The maximum atomic E-state index is 11.8. The van der Waals surface area contributed by atoms with E-state index >= 15 is 0 Å². The molecule has 8 heteroatoms. The Hall–Kier alpha value is -1.70. The fraction of sp³-hybridized carbons (Fsp3) is 0.545. The van der Waals surface area contributed by atoms with E-state index in [-0.39, 0.29) is 11.2 Å². The van der Waals surface area contributed by atoms with Crippen LogP contribution in [0.3, 0.4) is 0 Å². The molecule has 1 saturated carbocycles. The summed E-state index contributed by atoms with van der Waals surface area (Å²) in [5, 5.41) is 3.54. The Kier molecular flexibility index (Phi) is 3.98. The lowest BCUT2D eigenvalue weighted by Gasteiger charge is -2.07. The minimum absolute atomic E-state index is 0.0710. The van der Waals surface area contributed by atoms with Crippen molar-refractivity contribution in [1.29, 1.82) is 0 Å². The van der Waals surface area contributed by atoms with Gasteiger partial charge < -0.3 is 4.84 Å². The van der Waals surface area contributed by atoms with Crippen LogP contribution in [0.5, 0.6) is 0 Å². The summed E-state index contributed by atoms with van der Waals surface area (Å²) in [4.78, 5) is 12.8. The van der Waals surface area contributed by atoms with Crippen LogP contribution >= 0.6 is 0 Å². The number of nitrogens with one attached hydrogen (secondary N) is 1. The molecule has 1 aromatic rings. The highest BCUT2D eigenvalue weighted by Gasteiger charge is 2.36. The molecule has 104 valence electrons. The molecule has 0 spiro atoms. The van der Waals surface area contributed by atoms with Crippen molar-refractivity contribution in [3.8, 4) is 0 Å². The largest absolute Gasteiger partial charge is 0.399 e. The van der Waals surface area contributed by atoms with Gasteiger partial charge in [-0.2, -0.15) is 0 Å². The lowest BCUT2D eigenvalue weighted by Crippen LogP contribution is -2.19. The molecular weight excluding hydrogens is 268 g/mol. The Morgan fingerprint density at radius 1 is 1.58 bits per heavy atom. The van der Waals surface area contributed by atoms with Crippen LogP contribution in [0.4, 0.5) is 5.95 Å². The van der Waals surface area contributed by atoms with Crippen LogP contribution in [0, 0.1) is 0 Å². The summed E-state index contributed by atoms with van der Waals surface area (Å²) >= 11 is 0. The highest BCUT2D eigenvalue weighted by Crippen LogP contribution is 2.28. The SMILES string of the molecule is CCC(=NOC)c1ccnc(NS(=O)(=O)C2CC2)n1. The topological polar surface area (TPSA) is 93.5 Å². The van der Waals surface area contributed by atoms with E-state index in [1.54, 1.807) is 6.07 Å². The van der Waals surface area contributed by atoms with Gasteiger partial charge in [0, 0.05) is 6.20 Å². The highest BCUT2D eigenvalue weighted by molar-refractivity contribution is 7.93. The van der Waals surface area contributed by atoms with Crippen LogP contribution in [-0.4, -0.2) is 36.5 Å². The molecule has 1 heterocycles. The summed E-state index contributed by atoms with van der Waals surface area (Å²) in [7, 11) is -1.90. The van der Waals surface area contributed by atoms with Crippen LogP contribution in [0.15, 0.2) is 17.4 Å². The molecule has 0 atom stereocenters. The van der Waals surface area contributed by atoms with Gasteiger partial charge in [0.2, 0.25) is 16.0 Å². The summed E-state index contributed by atoms with van der Waals surface area (Å²) in [6.07, 6.45) is 3.51. The van der Waals surface area contributed by atoms with Gasteiger partial charge in [-0.1, -0.05) is 12.1 Å². The molecule has 1 aliphatic rings. The second kappa shape index (κ2) is 5.52. The van der Waals surface area contributed by atoms with Crippen molar-refractivity contribution in [3.63, 3.8) is 0 Å². The summed E-state index contributed by atoms with van der Waals surface area (Å²) < 4.78 is 26.0. The van der Waals surface area contributed by atoms with Crippen molar-refractivity contribution in [2.75, 3.05) is 11.8 Å². The van der Waals surface area contributed by atoms with Gasteiger partial charge in [-0.05, 0) is 25.3 Å². The number of sulfonamides is 1. The minimum Gasteiger partial charge on any atom is -0.399 e. The first-order chi connectivity index (χ1) is 9.06. The van der Waals surface area contributed by atoms with Crippen molar-refractivity contribution in [3.05, 3.63) is 18.0 Å². The van der Waals surface area contributed by atoms with E-state index in [4.69, 9.17) is 4.84 Å². The molecule has 0 aliphatic heterocycles. The van der Waals surface area contributed by atoms with E-state index < -0.39 is 10.0 Å². The number of hydrogen-bond acceptors (Lipinski definition) is 6. The van der Waals surface area contributed by atoms with Crippen LogP contribution in [0.2, 0.25) is 0 Å². The molecular formula is C11H16N4O3S. The molecule has 0 unspecified atom stereocenters. The van der Waals surface area contributed by atoms with Crippen LogP contribution in [-0.2, 0) is 14.9 Å². The van der Waals surface area contributed by atoms with Crippen LogP contribution in [0.25, 0.3) is 0 Å². The zero-order valence-electron chi connectivity index (χ0n) is 10.8. The Morgan fingerprint density at radius 3 is 2.89 bits per heavy atom. The Bertz CT molecular complexity index is 581. The molecule has 1 aliphatic carbocycles. The molecule has 2 rings (SSSR count). The molecule has 0 bridgehead atoms. The molecule has 1 aromatic heterocycles. The van der Waals surface area contributed by atoms with E-state index in [1.165, 1.54) is 13.3 Å². The predicted molar refractivity (Wildman–Crippen MR) is 71.4 cm³/mol. The van der Waals surface area contributed by atoms with Gasteiger partial charge in [0.15, 0.2) is 0 Å². The number of aromatic nitrogens is 2. The zero-order valence-corrected chi connectivity index (χ0v) is 11.6. The van der Waals surface area contributed by atoms with Crippen LogP contribution in [0.1, 0.15) is 31.9 Å². The van der Waals surface area contributed by atoms with E-state index in [0.29, 0.717) is 30.7 Å². The van der Waals surface area contributed by atoms with E-state index in [2.05, 4.69) is 19.8 Å². The van der Waals surface area contributed by atoms with Gasteiger partial charge in [0.1, 0.15) is 12.8 Å². The molecule has 0 radical (unpaired) electrons. The van der Waals surface area contributed by atoms with Gasteiger partial charge in [0.25, 0.3) is 0 Å². The third kappa shape index (κ3) is 3.40. The monoisotopic (exact) mass is 284 g/mol. The smallest absolute Gasteiger partial charge is 0.237 e. The van der Waals surface area contributed by atoms with Gasteiger partial charge in [-0.3, -0.25) is 4.72 Å². The van der Waals surface area contributed by atoms with Crippen molar-refractivity contribution < 1.29 is 13.3 Å². The summed E-state index contributed by atoms with van der Waals surface area (Å²) in [5.41, 5.74) is 1.18. The second-order valence-corrected chi connectivity index (χ2v) is 6.15. The lowest BCUT2D eigenvalue weighted by molar-refractivity contribution is 0.213. The number of hydrogen-bond donors (Lipinski definition) is 1. The van der Waals surface area contributed by atoms with Crippen molar-refractivity contribution in [2.45, 2.75) is 31.4 Å². The Labute approximate surface area is 112 Å². The Balaban J connectivity index is 2.21.